The van der Waals surface area contributed by atoms with E-state index in [2.05, 4.69) is 39.0 Å². The maximum Gasteiger partial charge on any atom is 0.0186 e. The van der Waals surface area contributed by atoms with Crippen molar-refractivity contribution in [3.8, 4) is 0 Å². The Bertz CT molecular complexity index is 504. The van der Waals surface area contributed by atoms with Gasteiger partial charge in [0.25, 0.3) is 0 Å². The Morgan fingerprint density at radius 2 is 1.91 bits per heavy atom. The summed E-state index contributed by atoms with van der Waals surface area (Å²) in [5, 5.41) is 3.77. The Balaban J connectivity index is 1.94. The minimum Gasteiger partial charge on any atom is -0.314 e. The lowest BCUT2D eigenvalue weighted by molar-refractivity contribution is 0.0975. The Morgan fingerprint density at radius 3 is 2.57 bits per heavy atom. The van der Waals surface area contributed by atoms with Crippen LogP contribution in [-0.4, -0.2) is 12.6 Å². The quantitative estimate of drug-likeness (QED) is 0.493. The molecular formula is C22H35N. The second kappa shape index (κ2) is 6.24. The Labute approximate surface area is 143 Å². The van der Waals surface area contributed by atoms with E-state index in [-0.39, 0.29) is 0 Å². The van der Waals surface area contributed by atoms with E-state index in [0.717, 1.165) is 18.3 Å². The van der Waals surface area contributed by atoms with Gasteiger partial charge in [-0.3, -0.25) is 0 Å². The van der Waals surface area contributed by atoms with Gasteiger partial charge in [-0.05, 0) is 94.9 Å². The summed E-state index contributed by atoms with van der Waals surface area (Å²) >= 11 is 0. The molecule has 3 aliphatic carbocycles. The molecule has 3 saturated carbocycles. The highest BCUT2D eigenvalue weighted by Gasteiger charge is 2.53. The van der Waals surface area contributed by atoms with Crippen molar-refractivity contribution >= 4 is 0 Å². The van der Waals surface area contributed by atoms with Crippen molar-refractivity contribution in [3.63, 3.8) is 0 Å². The molecule has 0 aromatic rings. The highest BCUT2D eigenvalue weighted by Crippen LogP contribution is 2.61. The number of hydrogen-bond acceptors (Lipinski definition) is 1. The van der Waals surface area contributed by atoms with E-state index < -0.39 is 0 Å². The summed E-state index contributed by atoms with van der Waals surface area (Å²) in [6.07, 6.45) is 14.2. The van der Waals surface area contributed by atoms with Crippen LogP contribution in [0, 0.1) is 23.2 Å². The average Bonchev–Trinajstić information content (AvgIpc) is 3.11. The highest BCUT2D eigenvalue weighted by molar-refractivity contribution is 5.20. The molecule has 128 valence electrons. The van der Waals surface area contributed by atoms with Crippen LogP contribution >= 0.6 is 0 Å². The largest absolute Gasteiger partial charge is 0.314 e. The molecule has 1 heteroatoms. The van der Waals surface area contributed by atoms with Gasteiger partial charge in [0.05, 0.1) is 0 Å². The first-order valence-corrected chi connectivity index (χ1v) is 9.56. The van der Waals surface area contributed by atoms with Crippen LogP contribution in [0.2, 0.25) is 0 Å². The molecule has 3 fully saturated rings. The van der Waals surface area contributed by atoms with Gasteiger partial charge in [-0.2, -0.15) is 0 Å². The van der Waals surface area contributed by atoms with E-state index in [9.17, 15) is 0 Å². The lowest BCUT2D eigenvalue weighted by atomic mass is 9.61. The second-order valence-electron chi connectivity index (χ2n) is 8.99. The summed E-state index contributed by atoms with van der Waals surface area (Å²) in [5.74, 6) is 2.49. The number of hydrogen-bond donors (Lipinski definition) is 1. The van der Waals surface area contributed by atoms with Gasteiger partial charge in [-0.25, -0.2) is 0 Å². The first-order chi connectivity index (χ1) is 10.9. The third kappa shape index (κ3) is 3.09. The van der Waals surface area contributed by atoms with Crippen molar-refractivity contribution in [1.82, 2.24) is 5.32 Å². The van der Waals surface area contributed by atoms with Crippen molar-refractivity contribution in [2.75, 3.05) is 7.05 Å². The third-order valence-corrected chi connectivity index (χ3v) is 7.43. The van der Waals surface area contributed by atoms with E-state index in [1.54, 1.807) is 0 Å². The van der Waals surface area contributed by atoms with Gasteiger partial charge >= 0.3 is 0 Å². The van der Waals surface area contributed by atoms with Gasteiger partial charge in [0.1, 0.15) is 0 Å². The first kappa shape index (κ1) is 17.0. The zero-order chi connectivity index (χ0) is 16.7. The summed E-state index contributed by atoms with van der Waals surface area (Å²) in [4.78, 5) is 0. The van der Waals surface area contributed by atoms with E-state index >= 15 is 0 Å². The SMILES string of the molecule is C=CC(=C)CC(C(=C)C)C12CCC(CC3CCC(NC)(C3)C1)C2. The fourth-order valence-corrected chi connectivity index (χ4v) is 6.39. The predicted octanol–water partition coefficient (Wildman–Crippen LogP) is 5.65. The van der Waals surface area contributed by atoms with Gasteiger partial charge in [0.2, 0.25) is 0 Å². The Hall–Kier alpha value is -0.820. The lowest BCUT2D eigenvalue weighted by Crippen LogP contribution is -2.48. The highest BCUT2D eigenvalue weighted by atomic mass is 15.0. The van der Waals surface area contributed by atoms with Crippen molar-refractivity contribution < 1.29 is 0 Å². The first-order valence-electron chi connectivity index (χ1n) is 9.56. The summed E-state index contributed by atoms with van der Waals surface area (Å²) in [7, 11) is 2.20. The van der Waals surface area contributed by atoms with Crippen molar-refractivity contribution in [2.45, 2.75) is 70.3 Å². The minimum absolute atomic E-state index is 0.378. The topological polar surface area (TPSA) is 12.0 Å². The molecular weight excluding hydrogens is 278 g/mol. The van der Waals surface area contributed by atoms with Crippen LogP contribution in [0.4, 0.5) is 0 Å². The molecule has 1 N–H and O–H groups in total. The van der Waals surface area contributed by atoms with Crippen molar-refractivity contribution in [1.29, 1.82) is 0 Å². The second-order valence-corrected chi connectivity index (χ2v) is 8.99. The molecule has 4 bridgehead atoms. The van der Waals surface area contributed by atoms with Crippen LogP contribution in [0.5, 0.6) is 0 Å². The summed E-state index contributed by atoms with van der Waals surface area (Å²) in [5.41, 5.74) is 3.35. The lowest BCUT2D eigenvalue weighted by Gasteiger charge is -2.46. The molecule has 3 rings (SSSR count). The third-order valence-electron chi connectivity index (χ3n) is 7.43. The number of allylic oxidation sites excluding steroid dienone is 3. The van der Waals surface area contributed by atoms with E-state index in [0.29, 0.717) is 16.9 Å². The van der Waals surface area contributed by atoms with Gasteiger partial charge in [0, 0.05) is 5.54 Å². The Kier molecular flexibility index (Phi) is 4.62. The van der Waals surface area contributed by atoms with Gasteiger partial charge < -0.3 is 5.32 Å². The monoisotopic (exact) mass is 313 g/mol. The van der Waals surface area contributed by atoms with Crippen LogP contribution in [0.3, 0.4) is 0 Å². The smallest absolute Gasteiger partial charge is 0.0186 e. The Morgan fingerprint density at radius 1 is 1.22 bits per heavy atom. The van der Waals surface area contributed by atoms with Gasteiger partial charge in [0.15, 0.2) is 0 Å². The molecule has 23 heavy (non-hydrogen) atoms. The van der Waals surface area contributed by atoms with E-state index in [1.165, 1.54) is 62.5 Å². The summed E-state index contributed by atoms with van der Waals surface area (Å²) < 4.78 is 0. The standard InChI is InChI=1S/C22H35N/c1-6-17(4)11-20(16(2)3)21-9-7-18(13-21)12-19-8-10-22(14-19,15-21)23-5/h6,18-20,23H,1-2,4,7-15H2,3,5H3. The van der Waals surface area contributed by atoms with Crippen molar-refractivity contribution in [3.05, 3.63) is 37.0 Å². The molecule has 0 aromatic heterocycles. The average molecular weight is 314 g/mol. The molecule has 5 unspecified atom stereocenters. The van der Waals surface area contributed by atoms with Crippen LogP contribution in [0.1, 0.15) is 64.7 Å². The fourth-order valence-electron chi connectivity index (χ4n) is 6.39. The van der Waals surface area contributed by atoms with Crippen molar-refractivity contribution in [2.24, 2.45) is 23.2 Å². The van der Waals surface area contributed by atoms with E-state index in [1.807, 2.05) is 6.08 Å². The fraction of sp³-hybridized carbons (Fsp3) is 0.727. The van der Waals surface area contributed by atoms with Gasteiger partial charge in [-0.1, -0.05) is 37.0 Å². The van der Waals surface area contributed by atoms with Crippen LogP contribution in [-0.2, 0) is 0 Å². The molecule has 0 aromatic carbocycles. The molecule has 0 aliphatic heterocycles. The number of fused-ring (bicyclic) bond motifs is 4. The molecule has 3 aliphatic rings. The molecule has 5 atom stereocenters. The molecule has 0 heterocycles. The molecule has 0 radical (unpaired) electrons. The molecule has 0 saturated heterocycles. The van der Waals surface area contributed by atoms with Crippen LogP contribution in [0.25, 0.3) is 0 Å². The van der Waals surface area contributed by atoms with Gasteiger partial charge in [-0.15, -0.1) is 0 Å². The zero-order valence-electron chi connectivity index (χ0n) is 15.3. The molecule has 0 amide bonds. The predicted molar refractivity (Wildman–Crippen MR) is 100 cm³/mol. The maximum absolute atomic E-state index is 4.40. The molecule has 1 nitrogen and oxygen atoms in total. The minimum atomic E-state index is 0.378. The number of rotatable bonds is 6. The maximum atomic E-state index is 4.40. The van der Waals surface area contributed by atoms with Crippen LogP contribution in [0.15, 0.2) is 37.0 Å². The van der Waals surface area contributed by atoms with Crippen LogP contribution < -0.4 is 5.32 Å². The molecule has 0 spiro atoms. The normalized spacial score (nSPS) is 40.3. The zero-order valence-corrected chi connectivity index (χ0v) is 15.3. The summed E-state index contributed by atoms with van der Waals surface area (Å²) in [6, 6.07) is 0. The number of nitrogens with one attached hydrogen (secondary N) is 1. The summed E-state index contributed by atoms with van der Waals surface area (Å²) in [6.45, 7) is 14.8. The van der Waals surface area contributed by atoms with E-state index in [4.69, 9.17) is 0 Å².